The van der Waals surface area contributed by atoms with Crippen LogP contribution >= 0.6 is 15.9 Å². The predicted octanol–water partition coefficient (Wildman–Crippen LogP) is 3.76. The maximum Gasteiger partial charge on any atom is 0.241 e. The van der Waals surface area contributed by atoms with Gasteiger partial charge in [-0.3, -0.25) is 4.79 Å². The van der Waals surface area contributed by atoms with E-state index < -0.39 is 0 Å². The van der Waals surface area contributed by atoms with E-state index in [-0.39, 0.29) is 18.0 Å². The fourth-order valence-corrected chi connectivity index (χ4v) is 4.27. The molecule has 0 bridgehead atoms. The molecule has 0 saturated carbocycles. The maximum atomic E-state index is 12.9. The summed E-state index contributed by atoms with van der Waals surface area (Å²) in [6.45, 7) is 1.69. The number of nitrogens with one attached hydrogen (secondary N) is 2. The largest absolute Gasteiger partial charge is 0.341 e. The quantitative estimate of drug-likeness (QED) is 0.804. The van der Waals surface area contributed by atoms with Crippen LogP contribution in [0.25, 0.3) is 0 Å². The summed E-state index contributed by atoms with van der Waals surface area (Å²) in [5.41, 5.74) is 9.10. The van der Waals surface area contributed by atoms with E-state index in [2.05, 4.69) is 69.2 Å². The first kappa shape index (κ1) is 17.7. The Bertz CT molecular complexity index is 742. The summed E-state index contributed by atoms with van der Waals surface area (Å²) in [6.07, 6.45) is 2.89. The van der Waals surface area contributed by atoms with Crippen LogP contribution in [0.15, 0.2) is 59.1 Å². The molecule has 0 aliphatic carbocycles. The number of likely N-dealkylation sites (tertiary alicyclic amines) is 1. The van der Waals surface area contributed by atoms with E-state index in [0.717, 1.165) is 36.8 Å². The molecule has 2 unspecified atom stereocenters. The van der Waals surface area contributed by atoms with Gasteiger partial charge in [0.2, 0.25) is 5.91 Å². The molecule has 2 aromatic carbocycles. The molecule has 2 fully saturated rings. The third-order valence-electron chi connectivity index (χ3n) is 5.55. The Kier molecular flexibility index (Phi) is 5.38. The van der Waals surface area contributed by atoms with Crippen molar-refractivity contribution in [2.75, 3.05) is 13.1 Å². The van der Waals surface area contributed by atoms with E-state index in [1.54, 1.807) is 0 Å². The summed E-state index contributed by atoms with van der Waals surface area (Å²) in [6, 6.07) is 19.0. The smallest absolute Gasteiger partial charge is 0.241 e. The van der Waals surface area contributed by atoms with E-state index in [4.69, 9.17) is 0 Å². The van der Waals surface area contributed by atoms with Crippen LogP contribution in [-0.4, -0.2) is 29.9 Å². The van der Waals surface area contributed by atoms with Gasteiger partial charge in [0.05, 0.1) is 0 Å². The Morgan fingerprint density at radius 2 is 1.62 bits per heavy atom. The fraction of sp³-hybridized carbons (Fsp3) is 0.381. The van der Waals surface area contributed by atoms with E-state index in [1.165, 1.54) is 11.1 Å². The molecule has 2 aliphatic heterocycles. The van der Waals surface area contributed by atoms with Crippen molar-refractivity contribution in [2.45, 2.75) is 37.3 Å². The van der Waals surface area contributed by atoms with Crippen molar-refractivity contribution in [3.05, 3.63) is 70.2 Å². The van der Waals surface area contributed by atoms with Gasteiger partial charge >= 0.3 is 0 Å². The zero-order valence-electron chi connectivity index (χ0n) is 14.7. The molecule has 4 nitrogen and oxygen atoms in total. The Hall–Kier alpha value is -1.69. The van der Waals surface area contributed by atoms with Crippen LogP contribution < -0.4 is 10.9 Å². The average molecular weight is 414 g/mol. The fourth-order valence-electron chi connectivity index (χ4n) is 4.01. The van der Waals surface area contributed by atoms with E-state index in [0.29, 0.717) is 5.92 Å². The van der Waals surface area contributed by atoms with Crippen molar-refractivity contribution in [3.63, 3.8) is 0 Å². The van der Waals surface area contributed by atoms with Crippen LogP contribution in [0.5, 0.6) is 0 Å². The van der Waals surface area contributed by atoms with Gasteiger partial charge in [-0.05, 0) is 48.4 Å². The van der Waals surface area contributed by atoms with Gasteiger partial charge in [-0.25, -0.2) is 10.9 Å². The normalized spacial score (nSPS) is 24.0. The summed E-state index contributed by atoms with van der Waals surface area (Å²) in [5.74, 6) is 0.800. The highest BCUT2D eigenvalue weighted by Gasteiger charge is 2.34. The van der Waals surface area contributed by atoms with Crippen molar-refractivity contribution in [3.8, 4) is 0 Å². The van der Waals surface area contributed by atoms with Crippen LogP contribution in [0.4, 0.5) is 0 Å². The predicted molar refractivity (Wildman–Crippen MR) is 107 cm³/mol. The van der Waals surface area contributed by atoms with Gasteiger partial charge in [-0.1, -0.05) is 58.4 Å². The van der Waals surface area contributed by atoms with E-state index >= 15 is 0 Å². The number of hydrogen-bond donors (Lipinski definition) is 2. The average Bonchev–Trinajstić information content (AvgIpc) is 3.19. The van der Waals surface area contributed by atoms with Crippen molar-refractivity contribution in [1.29, 1.82) is 0 Å². The number of halogens is 1. The second kappa shape index (κ2) is 7.91. The number of piperidine rings is 1. The number of carbonyl (C=O) groups excluding carboxylic acids is 1. The molecule has 2 atom stereocenters. The molecule has 2 aromatic rings. The molecule has 0 spiro atoms. The summed E-state index contributed by atoms with van der Waals surface area (Å²) >= 11 is 3.47. The highest BCUT2D eigenvalue weighted by Crippen LogP contribution is 2.29. The molecule has 136 valence electrons. The van der Waals surface area contributed by atoms with Gasteiger partial charge in [0, 0.05) is 23.6 Å². The standard InChI is InChI=1S/C21H24BrN3O/c22-18-8-6-17(7-9-18)19-14-20(24-23-19)21(26)25-12-10-16(11-13-25)15-4-2-1-3-5-15/h1-9,16,19-20,23-24H,10-14H2. The van der Waals surface area contributed by atoms with Crippen molar-refractivity contribution in [1.82, 2.24) is 15.8 Å². The lowest BCUT2D eigenvalue weighted by atomic mass is 9.89. The summed E-state index contributed by atoms with van der Waals surface area (Å²) < 4.78 is 1.07. The van der Waals surface area contributed by atoms with Gasteiger partial charge in [-0.2, -0.15) is 0 Å². The summed E-state index contributed by atoms with van der Waals surface area (Å²) in [5, 5.41) is 0. The molecular weight excluding hydrogens is 390 g/mol. The van der Waals surface area contributed by atoms with Crippen LogP contribution in [0.3, 0.4) is 0 Å². The Labute approximate surface area is 163 Å². The second-order valence-electron chi connectivity index (χ2n) is 7.19. The molecular formula is C21H24BrN3O. The lowest BCUT2D eigenvalue weighted by Crippen LogP contribution is -2.48. The molecule has 4 rings (SSSR count). The van der Waals surface area contributed by atoms with Crippen LogP contribution in [0, 0.1) is 0 Å². The van der Waals surface area contributed by atoms with Crippen molar-refractivity contribution >= 4 is 21.8 Å². The summed E-state index contributed by atoms with van der Waals surface area (Å²) in [4.78, 5) is 14.9. The number of hydrogen-bond acceptors (Lipinski definition) is 3. The third-order valence-corrected chi connectivity index (χ3v) is 6.08. The molecule has 26 heavy (non-hydrogen) atoms. The summed E-state index contributed by atoms with van der Waals surface area (Å²) in [7, 11) is 0. The maximum absolute atomic E-state index is 12.9. The Morgan fingerprint density at radius 3 is 2.31 bits per heavy atom. The molecule has 2 aliphatic rings. The molecule has 1 amide bonds. The highest BCUT2D eigenvalue weighted by atomic mass is 79.9. The number of carbonyl (C=O) groups is 1. The van der Waals surface area contributed by atoms with Gasteiger partial charge in [0.1, 0.15) is 6.04 Å². The van der Waals surface area contributed by atoms with Crippen LogP contribution in [0.2, 0.25) is 0 Å². The first-order chi connectivity index (χ1) is 12.7. The number of hydrazine groups is 1. The van der Waals surface area contributed by atoms with Crippen molar-refractivity contribution < 1.29 is 4.79 Å². The molecule has 2 heterocycles. The second-order valence-corrected chi connectivity index (χ2v) is 8.11. The van der Waals surface area contributed by atoms with Crippen LogP contribution in [0.1, 0.15) is 42.3 Å². The highest BCUT2D eigenvalue weighted by molar-refractivity contribution is 9.10. The van der Waals surface area contributed by atoms with Gasteiger partial charge in [-0.15, -0.1) is 0 Å². The van der Waals surface area contributed by atoms with E-state index in [9.17, 15) is 4.79 Å². The lowest BCUT2D eigenvalue weighted by molar-refractivity contribution is -0.134. The minimum atomic E-state index is -0.142. The number of rotatable bonds is 3. The van der Waals surface area contributed by atoms with Crippen molar-refractivity contribution in [2.24, 2.45) is 0 Å². The Balaban J connectivity index is 1.32. The molecule has 0 aromatic heterocycles. The number of benzene rings is 2. The van der Waals surface area contributed by atoms with Crippen LogP contribution in [-0.2, 0) is 4.79 Å². The van der Waals surface area contributed by atoms with Gasteiger partial charge in [0.25, 0.3) is 0 Å². The van der Waals surface area contributed by atoms with Gasteiger partial charge < -0.3 is 4.90 Å². The third kappa shape index (κ3) is 3.85. The molecule has 0 radical (unpaired) electrons. The monoisotopic (exact) mass is 413 g/mol. The topological polar surface area (TPSA) is 44.4 Å². The number of nitrogens with zero attached hydrogens (tertiary/aromatic N) is 1. The molecule has 2 saturated heterocycles. The zero-order chi connectivity index (χ0) is 17.9. The minimum absolute atomic E-state index is 0.142. The molecule has 5 heteroatoms. The first-order valence-electron chi connectivity index (χ1n) is 9.31. The van der Waals surface area contributed by atoms with Gasteiger partial charge in [0.15, 0.2) is 0 Å². The first-order valence-corrected chi connectivity index (χ1v) is 10.1. The van der Waals surface area contributed by atoms with E-state index in [1.807, 2.05) is 17.0 Å². The zero-order valence-corrected chi connectivity index (χ0v) is 16.3. The Morgan fingerprint density at radius 1 is 0.923 bits per heavy atom. The minimum Gasteiger partial charge on any atom is -0.341 e. The SMILES string of the molecule is O=C(C1CC(c2ccc(Br)cc2)NN1)N1CCC(c2ccccc2)CC1. The lowest BCUT2D eigenvalue weighted by Gasteiger charge is -2.33. The number of amides is 1. The molecule has 2 N–H and O–H groups in total.